The van der Waals surface area contributed by atoms with Gasteiger partial charge in [-0.05, 0) is 59.7 Å². The van der Waals surface area contributed by atoms with E-state index in [-0.39, 0.29) is 11.8 Å². The Balaban J connectivity index is 1.30. The highest BCUT2D eigenvalue weighted by Gasteiger charge is 2.22. The van der Waals surface area contributed by atoms with E-state index in [1.165, 1.54) is 0 Å². The number of methoxy groups -OCH3 is 2. The van der Waals surface area contributed by atoms with Gasteiger partial charge in [-0.15, -0.1) is 0 Å². The maximum absolute atomic E-state index is 13.3. The minimum Gasteiger partial charge on any atom is -0.497 e. The van der Waals surface area contributed by atoms with Gasteiger partial charge < -0.3 is 19.8 Å². The molecular weight excluding hydrogens is 518 g/mol. The minimum absolute atomic E-state index is 0.0183. The number of H-pyrrole nitrogens is 1. The molecule has 0 saturated carbocycles. The van der Waals surface area contributed by atoms with Crippen molar-refractivity contribution in [1.82, 2.24) is 15.3 Å². The summed E-state index contributed by atoms with van der Waals surface area (Å²) < 4.78 is 10.7. The second-order valence-electron chi connectivity index (χ2n) is 9.12. The summed E-state index contributed by atoms with van der Waals surface area (Å²) in [6.07, 6.45) is 0. The molecule has 0 radical (unpaired) electrons. The number of hydrogen-bond donors (Lipinski definition) is 2. The quantitative estimate of drug-likeness (QED) is 0.140. The van der Waals surface area contributed by atoms with Crippen LogP contribution in [0.5, 0.6) is 11.5 Å². The maximum Gasteiger partial charge on any atom is 0.232 e. The number of carbonyl (C=O) groups is 1. The Hall–Kier alpha value is -4.49. The zero-order chi connectivity index (χ0) is 27.7. The summed E-state index contributed by atoms with van der Waals surface area (Å²) in [5.41, 5.74) is 5.71. The van der Waals surface area contributed by atoms with Crippen LogP contribution in [0.15, 0.2) is 114 Å². The first-order chi connectivity index (χ1) is 19.7. The van der Waals surface area contributed by atoms with Crippen molar-refractivity contribution in [2.24, 2.45) is 0 Å². The Bertz CT molecular complexity index is 1420. The molecule has 0 atom stereocenters. The Morgan fingerprint density at radius 2 is 1.30 bits per heavy atom. The molecule has 1 amide bonds. The standard InChI is InChI=1S/C33H31N3O3S/c1-38-27-17-13-25(14-18-27)30-31(26-15-19-28(39-2)20-16-26)36-33(35-30)40-22-21-34-32(37)29(23-9-5-3-6-10-23)24-11-7-4-8-12-24/h3-20,29H,21-22H2,1-2H3,(H,34,37)(H,35,36). The van der Waals surface area contributed by atoms with Crippen molar-refractivity contribution in [3.05, 3.63) is 120 Å². The van der Waals surface area contributed by atoms with Crippen LogP contribution in [0.1, 0.15) is 17.0 Å². The molecule has 0 fully saturated rings. The lowest BCUT2D eigenvalue weighted by Crippen LogP contribution is -2.31. The van der Waals surface area contributed by atoms with Gasteiger partial charge in [0, 0.05) is 23.4 Å². The number of aromatic amines is 1. The lowest BCUT2D eigenvalue weighted by Gasteiger charge is -2.17. The first-order valence-corrected chi connectivity index (χ1v) is 14.0. The number of aromatic nitrogens is 2. The largest absolute Gasteiger partial charge is 0.497 e. The molecule has 2 N–H and O–H groups in total. The molecule has 4 aromatic carbocycles. The second-order valence-corrected chi connectivity index (χ2v) is 10.2. The Kier molecular flexibility index (Phi) is 8.83. The summed E-state index contributed by atoms with van der Waals surface area (Å²) >= 11 is 1.57. The van der Waals surface area contributed by atoms with Crippen molar-refractivity contribution in [1.29, 1.82) is 0 Å². The molecule has 0 unspecified atom stereocenters. The van der Waals surface area contributed by atoms with E-state index in [1.54, 1.807) is 26.0 Å². The molecule has 0 aliphatic carbocycles. The van der Waals surface area contributed by atoms with Gasteiger partial charge in [-0.1, -0.05) is 72.4 Å². The summed E-state index contributed by atoms with van der Waals surface area (Å²) in [4.78, 5) is 21.7. The van der Waals surface area contributed by atoms with Gasteiger partial charge in [-0.3, -0.25) is 4.79 Å². The highest BCUT2D eigenvalue weighted by Crippen LogP contribution is 2.34. The summed E-state index contributed by atoms with van der Waals surface area (Å²) in [7, 11) is 3.31. The van der Waals surface area contributed by atoms with Crippen LogP contribution < -0.4 is 14.8 Å². The first-order valence-electron chi connectivity index (χ1n) is 13.1. The number of carbonyl (C=O) groups excluding carboxylic acids is 1. The fraction of sp³-hybridized carbons (Fsp3) is 0.152. The SMILES string of the molecule is COc1ccc(-c2nc(SCCNC(=O)C(c3ccccc3)c3ccccc3)[nH]c2-c2ccc(OC)cc2)cc1. The highest BCUT2D eigenvalue weighted by molar-refractivity contribution is 7.99. The maximum atomic E-state index is 13.3. The summed E-state index contributed by atoms with van der Waals surface area (Å²) in [5, 5.41) is 3.92. The van der Waals surface area contributed by atoms with E-state index in [0.29, 0.717) is 12.3 Å². The highest BCUT2D eigenvalue weighted by atomic mass is 32.2. The van der Waals surface area contributed by atoms with E-state index in [0.717, 1.165) is 50.3 Å². The van der Waals surface area contributed by atoms with Crippen LogP contribution in [-0.4, -0.2) is 42.4 Å². The molecule has 0 bridgehead atoms. The average Bonchev–Trinajstić information content (AvgIpc) is 3.45. The molecular formula is C33H31N3O3S. The number of nitrogens with one attached hydrogen (secondary N) is 2. The third-order valence-electron chi connectivity index (χ3n) is 6.59. The number of nitrogens with zero attached hydrogens (tertiary/aromatic N) is 1. The van der Waals surface area contributed by atoms with Crippen LogP contribution in [-0.2, 0) is 4.79 Å². The third kappa shape index (κ3) is 6.38. The van der Waals surface area contributed by atoms with Gasteiger partial charge in [0.05, 0.1) is 31.5 Å². The van der Waals surface area contributed by atoms with Crippen LogP contribution in [0.3, 0.4) is 0 Å². The Labute approximate surface area is 238 Å². The van der Waals surface area contributed by atoms with Gasteiger partial charge in [0.2, 0.25) is 5.91 Å². The van der Waals surface area contributed by atoms with Crippen LogP contribution in [0.2, 0.25) is 0 Å². The molecule has 0 aliphatic heterocycles. The van der Waals surface area contributed by atoms with E-state index < -0.39 is 0 Å². The Morgan fingerprint density at radius 3 is 1.82 bits per heavy atom. The predicted octanol–water partition coefficient (Wildman–Crippen LogP) is 6.80. The van der Waals surface area contributed by atoms with Crippen LogP contribution in [0, 0.1) is 0 Å². The average molecular weight is 550 g/mol. The van der Waals surface area contributed by atoms with Crippen LogP contribution in [0.25, 0.3) is 22.5 Å². The number of thioether (sulfide) groups is 1. The third-order valence-corrected chi connectivity index (χ3v) is 7.47. The Morgan fingerprint density at radius 1 is 0.775 bits per heavy atom. The van der Waals surface area contributed by atoms with E-state index in [9.17, 15) is 4.79 Å². The van der Waals surface area contributed by atoms with Crippen molar-refractivity contribution in [3.63, 3.8) is 0 Å². The lowest BCUT2D eigenvalue weighted by molar-refractivity contribution is -0.121. The van der Waals surface area contributed by atoms with E-state index in [1.807, 2.05) is 109 Å². The van der Waals surface area contributed by atoms with Crippen molar-refractivity contribution in [2.75, 3.05) is 26.5 Å². The fourth-order valence-corrected chi connectivity index (χ4v) is 5.28. The molecule has 6 nitrogen and oxygen atoms in total. The zero-order valence-corrected chi connectivity index (χ0v) is 23.3. The summed E-state index contributed by atoms with van der Waals surface area (Å²) in [5.74, 6) is 1.87. The lowest BCUT2D eigenvalue weighted by atomic mass is 9.90. The molecule has 1 aromatic heterocycles. The van der Waals surface area contributed by atoms with Gasteiger partial charge >= 0.3 is 0 Å². The van der Waals surface area contributed by atoms with Gasteiger partial charge in [-0.25, -0.2) is 4.98 Å². The van der Waals surface area contributed by atoms with Crippen molar-refractivity contribution in [2.45, 2.75) is 11.1 Å². The smallest absolute Gasteiger partial charge is 0.232 e. The summed E-state index contributed by atoms with van der Waals surface area (Å²) in [6.45, 7) is 0.510. The fourth-order valence-electron chi connectivity index (χ4n) is 4.55. The first kappa shape index (κ1) is 27.1. The van der Waals surface area contributed by atoms with Gasteiger partial charge in [0.1, 0.15) is 11.5 Å². The molecule has 0 aliphatic rings. The molecule has 5 rings (SSSR count). The molecule has 5 aromatic rings. The number of rotatable bonds is 11. The summed E-state index contributed by atoms with van der Waals surface area (Å²) in [6, 6.07) is 35.5. The number of hydrogen-bond acceptors (Lipinski definition) is 5. The minimum atomic E-state index is -0.362. The number of imidazole rings is 1. The van der Waals surface area contributed by atoms with Crippen molar-refractivity contribution >= 4 is 17.7 Å². The van der Waals surface area contributed by atoms with Gasteiger partial charge in [0.15, 0.2) is 5.16 Å². The molecule has 1 heterocycles. The normalized spacial score (nSPS) is 10.9. The zero-order valence-electron chi connectivity index (χ0n) is 22.5. The van der Waals surface area contributed by atoms with Gasteiger partial charge in [-0.2, -0.15) is 0 Å². The van der Waals surface area contributed by atoms with Crippen LogP contribution >= 0.6 is 11.8 Å². The monoisotopic (exact) mass is 549 g/mol. The number of amides is 1. The van der Waals surface area contributed by atoms with Crippen LogP contribution in [0.4, 0.5) is 0 Å². The van der Waals surface area contributed by atoms with Crippen molar-refractivity contribution in [3.8, 4) is 34.0 Å². The molecule has 0 spiro atoms. The molecule has 202 valence electrons. The number of ether oxygens (including phenoxy) is 2. The molecule has 40 heavy (non-hydrogen) atoms. The van der Waals surface area contributed by atoms with Gasteiger partial charge in [0.25, 0.3) is 0 Å². The number of benzene rings is 4. The topological polar surface area (TPSA) is 76.2 Å². The second kappa shape index (κ2) is 13.0. The van der Waals surface area contributed by atoms with E-state index in [4.69, 9.17) is 14.5 Å². The molecule has 7 heteroatoms. The molecule has 0 saturated heterocycles. The van der Waals surface area contributed by atoms with E-state index in [2.05, 4.69) is 10.3 Å². The predicted molar refractivity (Wildman–Crippen MR) is 161 cm³/mol. The van der Waals surface area contributed by atoms with E-state index >= 15 is 0 Å². The van der Waals surface area contributed by atoms with Crippen molar-refractivity contribution < 1.29 is 14.3 Å².